The highest BCUT2D eigenvalue weighted by Gasteiger charge is 2.30. The van der Waals surface area contributed by atoms with Crippen molar-refractivity contribution in [2.45, 2.75) is 6.18 Å². The SMILES string of the molecule is Fc1c(Cl)cccc1Nc1ccnc2ccc(C(F)(F)F)cc12. The van der Waals surface area contributed by atoms with E-state index in [9.17, 15) is 17.6 Å². The second-order valence-electron chi connectivity index (χ2n) is 4.81. The third kappa shape index (κ3) is 3.07. The molecular weight excluding hydrogens is 332 g/mol. The zero-order chi connectivity index (χ0) is 16.6. The Bertz CT molecular complexity index is 878. The largest absolute Gasteiger partial charge is 0.416 e. The quantitative estimate of drug-likeness (QED) is 0.597. The third-order valence-corrected chi connectivity index (χ3v) is 3.58. The minimum absolute atomic E-state index is 0.0717. The first-order valence-electron chi connectivity index (χ1n) is 6.53. The Kier molecular flexibility index (Phi) is 3.85. The fourth-order valence-corrected chi connectivity index (χ4v) is 2.35. The van der Waals surface area contributed by atoms with Crippen LogP contribution in [0.15, 0.2) is 48.7 Å². The molecule has 118 valence electrons. The zero-order valence-electron chi connectivity index (χ0n) is 11.5. The molecule has 0 unspecified atom stereocenters. The number of nitrogens with one attached hydrogen (secondary N) is 1. The van der Waals surface area contributed by atoms with Gasteiger partial charge in [0.1, 0.15) is 0 Å². The lowest BCUT2D eigenvalue weighted by atomic mass is 10.1. The molecule has 7 heteroatoms. The summed E-state index contributed by atoms with van der Waals surface area (Å²) in [5.74, 6) is -0.675. The minimum Gasteiger partial charge on any atom is -0.352 e. The molecule has 0 aliphatic rings. The Labute approximate surface area is 133 Å². The number of halogens is 5. The van der Waals surface area contributed by atoms with Crippen molar-refractivity contribution in [3.8, 4) is 0 Å². The van der Waals surface area contributed by atoms with Crippen LogP contribution in [-0.4, -0.2) is 4.98 Å². The second-order valence-corrected chi connectivity index (χ2v) is 5.22. The number of anilines is 2. The van der Waals surface area contributed by atoms with E-state index in [0.717, 1.165) is 12.1 Å². The average Bonchev–Trinajstić information content (AvgIpc) is 2.51. The number of hydrogen-bond acceptors (Lipinski definition) is 2. The number of benzene rings is 2. The van der Waals surface area contributed by atoms with Crippen LogP contribution in [0.3, 0.4) is 0 Å². The predicted molar refractivity (Wildman–Crippen MR) is 81.4 cm³/mol. The lowest BCUT2D eigenvalue weighted by molar-refractivity contribution is -0.137. The van der Waals surface area contributed by atoms with Crippen LogP contribution in [0.2, 0.25) is 5.02 Å². The normalized spacial score (nSPS) is 11.7. The van der Waals surface area contributed by atoms with Crippen LogP contribution < -0.4 is 5.32 Å². The van der Waals surface area contributed by atoms with Crippen molar-refractivity contribution in [2.75, 3.05) is 5.32 Å². The summed E-state index contributed by atoms with van der Waals surface area (Å²) in [6.07, 6.45) is -3.04. The van der Waals surface area contributed by atoms with Gasteiger partial charge in [-0.25, -0.2) is 4.39 Å². The molecule has 0 aliphatic carbocycles. The van der Waals surface area contributed by atoms with Crippen LogP contribution in [-0.2, 0) is 6.18 Å². The lowest BCUT2D eigenvalue weighted by Crippen LogP contribution is -2.05. The van der Waals surface area contributed by atoms with E-state index < -0.39 is 17.6 Å². The van der Waals surface area contributed by atoms with E-state index in [1.807, 2.05) is 0 Å². The maximum atomic E-state index is 14.0. The number of fused-ring (bicyclic) bond motifs is 1. The van der Waals surface area contributed by atoms with Crippen LogP contribution in [0.1, 0.15) is 5.56 Å². The molecule has 2 aromatic carbocycles. The first-order chi connectivity index (χ1) is 10.9. The molecule has 0 amide bonds. The molecule has 0 saturated heterocycles. The number of alkyl halides is 3. The summed E-state index contributed by atoms with van der Waals surface area (Å²) < 4.78 is 52.6. The Hall–Kier alpha value is -2.34. The van der Waals surface area contributed by atoms with Gasteiger partial charge < -0.3 is 5.32 Å². The summed E-state index contributed by atoms with van der Waals surface area (Å²) >= 11 is 5.71. The topological polar surface area (TPSA) is 24.9 Å². The molecule has 3 rings (SSSR count). The van der Waals surface area contributed by atoms with Crippen LogP contribution in [0.25, 0.3) is 10.9 Å². The second kappa shape index (κ2) is 5.70. The maximum Gasteiger partial charge on any atom is 0.416 e. The fourth-order valence-electron chi connectivity index (χ4n) is 2.18. The highest BCUT2D eigenvalue weighted by molar-refractivity contribution is 6.31. The van der Waals surface area contributed by atoms with E-state index in [4.69, 9.17) is 11.6 Å². The first kappa shape index (κ1) is 15.6. The summed E-state index contributed by atoms with van der Waals surface area (Å²) in [5.41, 5.74) is -0.0530. The molecule has 0 aliphatic heterocycles. The number of nitrogens with zero attached hydrogens (tertiary/aromatic N) is 1. The van der Waals surface area contributed by atoms with Gasteiger partial charge in [0.25, 0.3) is 0 Å². The van der Waals surface area contributed by atoms with Crippen LogP contribution >= 0.6 is 11.6 Å². The molecule has 0 spiro atoms. The maximum absolute atomic E-state index is 14.0. The fraction of sp³-hybridized carbons (Fsp3) is 0.0625. The molecule has 0 bridgehead atoms. The van der Waals surface area contributed by atoms with Crippen LogP contribution in [0, 0.1) is 5.82 Å². The van der Waals surface area contributed by atoms with Crippen molar-refractivity contribution in [1.82, 2.24) is 4.98 Å². The summed E-state index contributed by atoms with van der Waals surface area (Å²) in [6, 6.07) is 9.06. The van der Waals surface area contributed by atoms with Crippen LogP contribution in [0.4, 0.5) is 28.9 Å². The molecule has 1 heterocycles. The van der Waals surface area contributed by atoms with Crippen molar-refractivity contribution in [3.05, 3.63) is 65.1 Å². The van der Waals surface area contributed by atoms with Gasteiger partial charge in [0.15, 0.2) is 5.82 Å². The van der Waals surface area contributed by atoms with Crippen molar-refractivity contribution in [1.29, 1.82) is 0 Å². The standard InChI is InChI=1S/C16H9ClF4N2/c17-11-2-1-3-14(15(11)18)23-13-6-7-22-12-5-4-9(8-10(12)13)16(19,20)21/h1-8H,(H,22,23). The van der Waals surface area contributed by atoms with Gasteiger partial charge >= 0.3 is 6.18 Å². The summed E-state index contributed by atoms with van der Waals surface area (Å²) in [7, 11) is 0. The van der Waals surface area contributed by atoms with Gasteiger partial charge in [-0.2, -0.15) is 13.2 Å². The smallest absolute Gasteiger partial charge is 0.352 e. The molecule has 1 N–H and O–H groups in total. The van der Waals surface area contributed by atoms with Gasteiger partial charge in [0, 0.05) is 17.3 Å². The molecule has 0 saturated carbocycles. The highest BCUT2D eigenvalue weighted by atomic mass is 35.5. The van der Waals surface area contributed by atoms with Gasteiger partial charge in [-0.1, -0.05) is 17.7 Å². The van der Waals surface area contributed by atoms with Gasteiger partial charge in [-0.3, -0.25) is 4.98 Å². The van der Waals surface area contributed by atoms with Crippen molar-refractivity contribution in [3.63, 3.8) is 0 Å². The van der Waals surface area contributed by atoms with Gasteiger partial charge in [0.05, 0.1) is 21.8 Å². The van der Waals surface area contributed by atoms with Gasteiger partial charge in [-0.05, 0) is 36.4 Å². The third-order valence-electron chi connectivity index (χ3n) is 3.29. The number of aromatic nitrogens is 1. The molecule has 0 radical (unpaired) electrons. The summed E-state index contributed by atoms with van der Waals surface area (Å²) in [5, 5.41) is 2.93. The van der Waals surface area contributed by atoms with E-state index in [2.05, 4.69) is 10.3 Å². The number of rotatable bonds is 2. The van der Waals surface area contributed by atoms with Crippen molar-refractivity contribution < 1.29 is 17.6 Å². The summed E-state index contributed by atoms with van der Waals surface area (Å²) in [4.78, 5) is 4.02. The predicted octanol–water partition coefficient (Wildman–Crippen LogP) is 5.79. The Balaban J connectivity index is 2.12. The molecule has 1 aromatic heterocycles. The van der Waals surface area contributed by atoms with E-state index in [0.29, 0.717) is 11.2 Å². The van der Waals surface area contributed by atoms with Gasteiger partial charge in [-0.15, -0.1) is 0 Å². The first-order valence-corrected chi connectivity index (χ1v) is 6.91. The molecule has 0 atom stereocenters. The van der Waals surface area contributed by atoms with E-state index >= 15 is 0 Å². The zero-order valence-corrected chi connectivity index (χ0v) is 12.2. The monoisotopic (exact) mass is 340 g/mol. The number of hydrogen-bond donors (Lipinski definition) is 1. The van der Waals surface area contributed by atoms with Crippen LogP contribution in [0.5, 0.6) is 0 Å². The van der Waals surface area contributed by atoms with E-state index in [1.165, 1.54) is 36.5 Å². The summed E-state index contributed by atoms with van der Waals surface area (Å²) in [6.45, 7) is 0. The van der Waals surface area contributed by atoms with Gasteiger partial charge in [0.2, 0.25) is 0 Å². The Morgan fingerprint density at radius 1 is 1.00 bits per heavy atom. The van der Waals surface area contributed by atoms with Crippen molar-refractivity contribution >= 4 is 33.9 Å². The highest BCUT2D eigenvalue weighted by Crippen LogP contribution is 2.34. The Morgan fingerprint density at radius 2 is 1.78 bits per heavy atom. The number of pyridine rings is 1. The molecule has 23 heavy (non-hydrogen) atoms. The average molecular weight is 341 g/mol. The van der Waals surface area contributed by atoms with E-state index in [-0.39, 0.29) is 16.1 Å². The molecule has 0 fully saturated rings. The molecular formula is C16H9ClF4N2. The van der Waals surface area contributed by atoms with Crippen molar-refractivity contribution in [2.24, 2.45) is 0 Å². The van der Waals surface area contributed by atoms with E-state index in [1.54, 1.807) is 0 Å². The lowest BCUT2D eigenvalue weighted by Gasteiger charge is -2.13. The minimum atomic E-state index is -4.47. The molecule has 2 nitrogen and oxygen atoms in total. The Morgan fingerprint density at radius 3 is 2.52 bits per heavy atom. The molecule has 3 aromatic rings.